The summed E-state index contributed by atoms with van der Waals surface area (Å²) < 4.78 is 14.7. The van der Waals surface area contributed by atoms with Crippen LogP contribution in [-0.2, 0) is 4.79 Å². The van der Waals surface area contributed by atoms with E-state index in [4.69, 9.17) is 0 Å². The zero-order valence-corrected chi connectivity index (χ0v) is 16.5. The molecular formula is C20H19FN4O2S. The van der Waals surface area contributed by atoms with Crippen LogP contribution in [0.4, 0.5) is 9.52 Å². The first kappa shape index (κ1) is 19.6. The average Bonchev–Trinajstić information content (AvgIpc) is 3.28. The fraction of sp³-hybridized carbons (Fsp3) is 0.200. The molecule has 0 aliphatic rings. The third-order valence-electron chi connectivity index (χ3n) is 4.19. The van der Waals surface area contributed by atoms with Gasteiger partial charge in [-0.3, -0.25) is 14.5 Å². The fourth-order valence-electron chi connectivity index (χ4n) is 2.71. The van der Waals surface area contributed by atoms with Crippen LogP contribution < -0.4 is 4.90 Å². The quantitative estimate of drug-likeness (QED) is 0.464. The molecule has 1 amide bonds. The summed E-state index contributed by atoms with van der Waals surface area (Å²) in [6, 6.07) is 5.89. The van der Waals surface area contributed by atoms with Gasteiger partial charge >= 0.3 is 0 Å². The monoisotopic (exact) mass is 398 g/mol. The van der Waals surface area contributed by atoms with Crippen molar-refractivity contribution in [1.82, 2.24) is 14.8 Å². The summed E-state index contributed by atoms with van der Waals surface area (Å²) in [6.45, 7) is 5.69. The van der Waals surface area contributed by atoms with Gasteiger partial charge in [-0.2, -0.15) is 5.10 Å². The summed E-state index contributed by atoms with van der Waals surface area (Å²) in [7, 11) is 0. The number of amides is 1. The number of nitrogens with zero attached hydrogens (tertiary/aromatic N) is 4. The van der Waals surface area contributed by atoms with E-state index < -0.39 is 0 Å². The number of anilines is 1. The lowest BCUT2D eigenvalue weighted by Crippen LogP contribution is -2.27. The second kappa shape index (κ2) is 8.26. The van der Waals surface area contributed by atoms with E-state index >= 15 is 0 Å². The molecule has 0 saturated carbocycles. The first-order valence-corrected chi connectivity index (χ1v) is 9.55. The van der Waals surface area contributed by atoms with Crippen molar-refractivity contribution in [3.8, 4) is 5.69 Å². The van der Waals surface area contributed by atoms with Crippen LogP contribution in [-0.4, -0.2) is 33.0 Å². The van der Waals surface area contributed by atoms with Gasteiger partial charge in [0.15, 0.2) is 10.9 Å². The van der Waals surface area contributed by atoms with E-state index in [1.807, 2.05) is 6.92 Å². The number of thiazole rings is 1. The largest absolute Gasteiger partial charge is 0.289 e. The molecule has 6 nitrogen and oxygen atoms in total. The Morgan fingerprint density at radius 3 is 2.64 bits per heavy atom. The van der Waals surface area contributed by atoms with Gasteiger partial charge < -0.3 is 0 Å². The van der Waals surface area contributed by atoms with Gasteiger partial charge in [-0.25, -0.2) is 14.1 Å². The summed E-state index contributed by atoms with van der Waals surface area (Å²) in [5, 5.41) is 6.62. The Kier molecular flexibility index (Phi) is 5.79. The summed E-state index contributed by atoms with van der Waals surface area (Å²) >= 11 is 1.35. The smallest absolute Gasteiger partial charge is 0.225 e. The second-order valence-corrected chi connectivity index (χ2v) is 6.88. The van der Waals surface area contributed by atoms with Crippen molar-refractivity contribution in [2.45, 2.75) is 20.8 Å². The predicted octanol–water partition coefficient (Wildman–Crippen LogP) is 4.05. The number of carbonyl (C=O) groups is 2. The fourth-order valence-corrected chi connectivity index (χ4v) is 3.61. The Bertz CT molecular complexity index is 1040. The Labute approximate surface area is 165 Å². The van der Waals surface area contributed by atoms with Crippen molar-refractivity contribution in [1.29, 1.82) is 0 Å². The average molecular weight is 398 g/mol. The van der Waals surface area contributed by atoms with E-state index in [0.717, 1.165) is 0 Å². The zero-order valence-electron chi connectivity index (χ0n) is 15.7. The Balaban J connectivity index is 1.78. The standard InChI is InChI=1S/C20H19FN4O2S/c1-4-24(14(3)26)20-23-16(12-28-20)7-10-19(27)18-11-22-25(13(18)2)17-8-5-15(21)6-9-17/h5-12H,4H2,1-3H3. The molecule has 3 aromatic rings. The zero-order chi connectivity index (χ0) is 20.3. The van der Waals surface area contributed by atoms with Crippen LogP contribution in [0.15, 0.2) is 41.9 Å². The van der Waals surface area contributed by atoms with Gasteiger partial charge in [0.1, 0.15) is 5.82 Å². The third kappa shape index (κ3) is 4.07. The molecule has 0 atom stereocenters. The first-order chi connectivity index (χ1) is 13.4. The number of hydrogen-bond acceptors (Lipinski definition) is 5. The van der Waals surface area contributed by atoms with Crippen molar-refractivity contribution in [3.63, 3.8) is 0 Å². The third-order valence-corrected chi connectivity index (χ3v) is 5.07. The summed E-state index contributed by atoms with van der Waals surface area (Å²) in [6.07, 6.45) is 4.54. The van der Waals surface area contributed by atoms with Crippen LogP contribution in [0, 0.1) is 12.7 Å². The van der Waals surface area contributed by atoms with Crippen LogP contribution in [0.25, 0.3) is 11.8 Å². The number of allylic oxidation sites excluding steroid dienone is 1. The van der Waals surface area contributed by atoms with Gasteiger partial charge in [0.05, 0.1) is 28.8 Å². The number of carbonyl (C=O) groups excluding carboxylic acids is 2. The highest BCUT2D eigenvalue weighted by Crippen LogP contribution is 2.22. The van der Waals surface area contributed by atoms with Gasteiger partial charge in [-0.05, 0) is 50.3 Å². The SMILES string of the molecule is CCN(C(C)=O)c1nc(C=CC(=O)c2cnn(-c3ccc(F)cc3)c2C)cs1. The molecule has 0 aliphatic carbocycles. The molecule has 3 rings (SSSR count). The highest BCUT2D eigenvalue weighted by Gasteiger charge is 2.15. The summed E-state index contributed by atoms with van der Waals surface area (Å²) in [5.41, 5.74) is 2.40. The molecule has 0 N–H and O–H groups in total. The molecule has 1 aromatic carbocycles. The number of ketones is 1. The molecule has 28 heavy (non-hydrogen) atoms. The predicted molar refractivity (Wildman–Crippen MR) is 107 cm³/mol. The molecular weight excluding hydrogens is 379 g/mol. The van der Waals surface area contributed by atoms with Gasteiger partial charge in [0.25, 0.3) is 0 Å². The number of hydrogen-bond donors (Lipinski definition) is 0. The topological polar surface area (TPSA) is 68.1 Å². The minimum absolute atomic E-state index is 0.0766. The van der Waals surface area contributed by atoms with Crippen LogP contribution in [0.3, 0.4) is 0 Å². The maximum Gasteiger partial charge on any atom is 0.225 e. The molecule has 0 radical (unpaired) electrons. The van der Waals surface area contributed by atoms with E-state index in [0.29, 0.717) is 34.3 Å². The van der Waals surface area contributed by atoms with Crippen LogP contribution >= 0.6 is 11.3 Å². The van der Waals surface area contributed by atoms with E-state index in [1.165, 1.54) is 42.7 Å². The Morgan fingerprint density at radius 2 is 2.00 bits per heavy atom. The molecule has 0 spiro atoms. The second-order valence-electron chi connectivity index (χ2n) is 6.05. The molecule has 0 aliphatic heterocycles. The maximum absolute atomic E-state index is 13.1. The van der Waals surface area contributed by atoms with Crippen molar-refractivity contribution in [2.24, 2.45) is 0 Å². The van der Waals surface area contributed by atoms with E-state index in [-0.39, 0.29) is 17.5 Å². The van der Waals surface area contributed by atoms with Crippen molar-refractivity contribution >= 4 is 34.2 Å². The van der Waals surface area contributed by atoms with Gasteiger partial charge in [-0.15, -0.1) is 11.3 Å². The number of aromatic nitrogens is 3. The Morgan fingerprint density at radius 1 is 1.29 bits per heavy atom. The molecule has 0 bridgehead atoms. The lowest BCUT2D eigenvalue weighted by molar-refractivity contribution is -0.116. The number of benzene rings is 1. The van der Waals surface area contributed by atoms with Crippen LogP contribution in [0.5, 0.6) is 0 Å². The Hall–Kier alpha value is -3.13. The molecule has 0 fully saturated rings. The molecule has 2 aromatic heterocycles. The molecule has 0 unspecified atom stereocenters. The van der Waals surface area contributed by atoms with E-state index in [9.17, 15) is 14.0 Å². The number of halogens is 1. The summed E-state index contributed by atoms with van der Waals surface area (Å²) in [5.74, 6) is -0.617. The van der Waals surface area contributed by atoms with Crippen molar-refractivity contribution < 1.29 is 14.0 Å². The molecule has 8 heteroatoms. The molecule has 2 heterocycles. The maximum atomic E-state index is 13.1. The molecule has 144 valence electrons. The van der Waals surface area contributed by atoms with Crippen LogP contribution in [0.1, 0.15) is 35.6 Å². The van der Waals surface area contributed by atoms with E-state index in [2.05, 4.69) is 10.1 Å². The lowest BCUT2D eigenvalue weighted by atomic mass is 10.1. The van der Waals surface area contributed by atoms with E-state index in [1.54, 1.807) is 40.1 Å². The summed E-state index contributed by atoms with van der Waals surface area (Å²) in [4.78, 5) is 30.1. The minimum atomic E-state index is -0.332. The van der Waals surface area contributed by atoms with Gasteiger partial charge in [-0.1, -0.05) is 0 Å². The van der Waals surface area contributed by atoms with Crippen molar-refractivity contribution in [3.05, 3.63) is 64.7 Å². The number of rotatable bonds is 6. The normalized spacial score (nSPS) is 11.1. The molecule has 0 saturated heterocycles. The first-order valence-electron chi connectivity index (χ1n) is 8.67. The van der Waals surface area contributed by atoms with Gasteiger partial charge in [0.2, 0.25) is 5.91 Å². The highest BCUT2D eigenvalue weighted by atomic mass is 32.1. The van der Waals surface area contributed by atoms with Gasteiger partial charge in [0, 0.05) is 18.8 Å². The van der Waals surface area contributed by atoms with Crippen LogP contribution in [0.2, 0.25) is 0 Å². The van der Waals surface area contributed by atoms with Crippen molar-refractivity contribution in [2.75, 3.05) is 11.4 Å². The highest BCUT2D eigenvalue weighted by molar-refractivity contribution is 7.14. The lowest BCUT2D eigenvalue weighted by Gasteiger charge is -2.14. The minimum Gasteiger partial charge on any atom is -0.289 e.